The van der Waals surface area contributed by atoms with Crippen LogP contribution in [0.2, 0.25) is 0 Å². The summed E-state index contributed by atoms with van der Waals surface area (Å²) in [6.07, 6.45) is 1.26. The maximum absolute atomic E-state index is 3.23. The Morgan fingerprint density at radius 3 is 2.86 bits per heavy atom. The molecule has 1 N–H and O–H groups in total. The standard InChI is InChI=1S/C11H24N2S/c1-9(5-6-12-4)13-7-8-14-11(3)10(13)2/h9-12H,5-8H2,1-4H3. The molecule has 3 heteroatoms. The molecule has 1 saturated heterocycles. The molecule has 1 heterocycles. The van der Waals surface area contributed by atoms with Crippen molar-refractivity contribution in [1.82, 2.24) is 10.2 Å². The first-order chi connectivity index (χ1) is 6.66. The van der Waals surface area contributed by atoms with Crippen LogP contribution in [0.15, 0.2) is 0 Å². The van der Waals surface area contributed by atoms with E-state index in [9.17, 15) is 0 Å². The first kappa shape index (κ1) is 12.3. The first-order valence-corrected chi connectivity index (χ1v) is 6.73. The van der Waals surface area contributed by atoms with Crippen molar-refractivity contribution in [3.63, 3.8) is 0 Å². The quantitative estimate of drug-likeness (QED) is 0.771. The Hall–Kier alpha value is 0.270. The molecule has 0 aliphatic carbocycles. The summed E-state index contributed by atoms with van der Waals surface area (Å²) in [7, 11) is 2.03. The van der Waals surface area contributed by atoms with Gasteiger partial charge >= 0.3 is 0 Å². The highest BCUT2D eigenvalue weighted by Gasteiger charge is 2.27. The smallest absolute Gasteiger partial charge is 0.0186 e. The third-order valence-corrected chi connectivity index (χ3v) is 4.65. The highest BCUT2D eigenvalue weighted by Crippen LogP contribution is 2.26. The van der Waals surface area contributed by atoms with Crippen molar-refractivity contribution in [3.05, 3.63) is 0 Å². The van der Waals surface area contributed by atoms with E-state index < -0.39 is 0 Å². The minimum atomic E-state index is 0.723. The van der Waals surface area contributed by atoms with E-state index in [1.54, 1.807) is 0 Å². The molecule has 0 amide bonds. The van der Waals surface area contributed by atoms with Gasteiger partial charge in [-0.2, -0.15) is 11.8 Å². The normalized spacial score (nSPS) is 31.7. The number of hydrogen-bond donors (Lipinski definition) is 1. The maximum Gasteiger partial charge on any atom is 0.0186 e. The fourth-order valence-corrected chi connectivity index (χ4v) is 3.22. The number of nitrogens with one attached hydrogen (secondary N) is 1. The van der Waals surface area contributed by atoms with Crippen LogP contribution in [0.1, 0.15) is 27.2 Å². The average molecular weight is 216 g/mol. The van der Waals surface area contributed by atoms with E-state index in [0.29, 0.717) is 0 Å². The Morgan fingerprint density at radius 2 is 2.21 bits per heavy atom. The lowest BCUT2D eigenvalue weighted by molar-refractivity contribution is 0.150. The average Bonchev–Trinajstić information content (AvgIpc) is 2.18. The van der Waals surface area contributed by atoms with Gasteiger partial charge in [0.1, 0.15) is 0 Å². The van der Waals surface area contributed by atoms with Crippen molar-refractivity contribution in [3.8, 4) is 0 Å². The fourth-order valence-electron chi connectivity index (χ4n) is 2.10. The lowest BCUT2D eigenvalue weighted by atomic mass is 10.1. The molecule has 1 fully saturated rings. The molecule has 3 atom stereocenters. The molecule has 0 bridgehead atoms. The van der Waals surface area contributed by atoms with E-state index in [2.05, 4.69) is 42.7 Å². The Kier molecular flexibility index (Phi) is 5.28. The minimum absolute atomic E-state index is 0.723. The molecule has 0 aromatic rings. The molecule has 0 spiro atoms. The molecule has 3 unspecified atom stereocenters. The molecule has 0 radical (unpaired) electrons. The van der Waals surface area contributed by atoms with Crippen LogP contribution in [0.5, 0.6) is 0 Å². The molecule has 1 aliphatic rings. The summed E-state index contributed by atoms with van der Waals surface area (Å²) in [5.74, 6) is 1.30. The van der Waals surface area contributed by atoms with Crippen molar-refractivity contribution in [2.24, 2.45) is 0 Å². The van der Waals surface area contributed by atoms with E-state index in [1.807, 2.05) is 7.05 Å². The summed E-state index contributed by atoms with van der Waals surface area (Å²) < 4.78 is 0. The van der Waals surface area contributed by atoms with E-state index in [-0.39, 0.29) is 0 Å². The van der Waals surface area contributed by atoms with Gasteiger partial charge in [0.25, 0.3) is 0 Å². The van der Waals surface area contributed by atoms with E-state index in [1.165, 1.54) is 18.7 Å². The van der Waals surface area contributed by atoms with Gasteiger partial charge in [0.2, 0.25) is 0 Å². The zero-order valence-corrected chi connectivity index (χ0v) is 10.7. The van der Waals surface area contributed by atoms with Crippen LogP contribution < -0.4 is 5.32 Å². The summed E-state index contributed by atoms with van der Waals surface area (Å²) in [6.45, 7) is 9.47. The summed E-state index contributed by atoms with van der Waals surface area (Å²) in [4.78, 5) is 2.67. The van der Waals surface area contributed by atoms with Crippen molar-refractivity contribution in [2.75, 3.05) is 25.9 Å². The molecule has 1 aliphatic heterocycles. The third kappa shape index (κ3) is 3.14. The van der Waals surface area contributed by atoms with Gasteiger partial charge in [-0.05, 0) is 33.9 Å². The zero-order chi connectivity index (χ0) is 10.6. The second kappa shape index (κ2) is 5.99. The van der Waals surface area contributed by atoms with Gasteiger partial charge in [0.15, 0.2) is 0 Å². The number of hydrogen-bond acceptors (Lipinski definition) is 3. The van der Waals surface area contributed by atoms with Crippen LogP contribution in [-0.4, -0.2) is 48.1 Å². The molecular weight excluding hydrogens is 192 g/mol. The lowest BCUT2D eigenvalue weighted by Crippen LogP contribution is -2.49. The number of nitrogens with zero attached hydrogens (tertiary/aromatic N) is 1. The van der Waals surface area contributed by atoms with Gasteiger partial charge in [-0.1, -0.05) is 6.92 Å². The number of rotatable bonds is 4. The number of thioether (sulfide) groups is 1. The predicted molar refractivity (Wildman–Crippen MR) is 66.1 cm³/mol. The van der Waals surface area contributed by atoms with Crippen LogP contribution in [0.3, 0.4) is 0 Å². The zero-order valence-electron chi connectivity index (χ0n) is 9.92. The Balaban J connectivity index is 2.40. The molecule has 1 rings (SSSR count). The second-order valence-electron chi connectivity index (χ2n) is 4.30. The largest absolute Gasteiger partial charge is 0.320 e. The topological polar surface area (TPSA) is 15.3 Å². The summed E-state index contributed by atoms with van der Waals surface area (Å²) >= 11 is 2.11. The van der Waals surface area contributed by atoms with Crippen LogP contribution >= 0.6 is 11.8 Å². The molecule has 84 valence electrons. The molecule has 0 aromatic heterocycles. The monoisotopic (exact) mass is 216 g/mol. The SMILES string of the molecule is CNCCC(C)N1CCSC(C)C1C. The van der Waals surface area contributed by atoms with Gasteiger partial charge in [0.05, 0.1) is 0 Å². The van der Waals surface area contributed by atoms with Crippen molar-refractivity contribution in [1.29, 1.82) is 0 Å². The van der Waals surface area contributed by atoms with Crippen molar-refractivity contribution in [2.45, 2.75) is 44.5 Å². The van der Waals surface area contributed by atoms with E-state index in [0.717, 1.165) is 23.9 Å². The summed E-state index contributed by atoms with van der Waals surface area (Å²) in [5, 5.41) is 4.02. The maximum atomic E-state index is 3.23. The van der Waals surface area contributed by atoms with Crippen molar-refractivity contribution >= 4 is 11.8 Å². The van der Waals surface area contributed by atoms with Crippen LogP contribution in [-0.2, 0) is 0 Å². The Bertz CT molecular complexity index is 163. The molecular formula is C11H24N2S. The highest BCUT2D eigenvalue weighted by atomic mass is 32.2. The van der Waals surface area contributed by atoms with E-state index in [4.69, 9.17) is 0 Å². The highest BCUT2D eigenvalue weighted by molar-refractivity contribution is 8.00. The van der Waals surface area contributed by atoms with E-state index >= 15 is 0 Å². The van der Waals surface area contributed by atoms with Crippen LogP contribution in [0.25, 0.3) is 0 Å². The molecule has 2 nitrogen and oxygen atoms in total. The van der Waals surface area contributed by atoms with Gasteiger partial charge in [0, 0.05) is 29.6 Å². The van der Waals surface area contributed by atoms with Crippen LogP contribution in [0.4, 0.5) is 0 Å². The Labute approximate surface area is 92.8 Å². The van der Waals surface area contributed by atoms with Gasteiger partial charge < -0.3 is 5.32 Å². The van der Waals surface area contributed by atoms with Gasteiger partial charge in [-0.25, -0.2) is 0 Å². The molecule has 0 aromatic carbocycles. The van der Waals surface area contributed by atoms with Crippen LogP contribution in [0, 0.1) is 0 Å². The van der Waals surface area contributed by atoms with Crippen molar-refractivity contribution < 1.29 is 0 Å². The second-order valence-corrected chi connectivity index (χ2v) is 5.78. The fraction of sp³-hybridized carbons (Fsp3) is 1.00. The molecule has 14 heavy (non-hydrogen) atoms. The Morgan fingerprint density at radius 1 is 1.50 bits per heavy atom. The lowest BCUT2D eigenvalue weighted by Gasteiger charge is -2.41. The summed E-state index contributed by atoms with van der Waals surface area (Å²) in [6, 6.07) is 1.46. The third-order valence-electron chi connectivity index (χ3n) is 3.31. The summed E-state index contributed by atoms with van der Waals surface area (Å²) in [5.41, 5.74) is 0. The van der Waals surface area contributed by atoms with Gasteiger partial charge in [-0.15, -0.1) is 0 Å². The molecule has 0 saturated carbocycles. The minimum Gasteiger partial charge on any atom is -0.320 e. The van der Waals surface area contributed by atoms with Gasteiger partial charge in [-0.3, -0.25) is 4.90 Å². The predicted octanol–water partition coefficient (Wildman–Crippen LogP) is 1.81. The first-order valence-electron chi connectivity index (χ1n) is 5.68.